The molecule has 1 aliphatic carbocycles. The summed E-state index contributed by atoms with van der Waals surface area (Å²) in [7, 11) is 0. The number of hydrogen-bond acceptors (Lipinski definition) is 5. The summed E-state index contributed by atoms with van der Waals surface area (Å²) in [6, 6.07) is 8.54. The minimum Gasteiger partial charge on any atom is -0.394 e. The summed E-state index contributed by atoms with van der Waals surface area (Å²) in [5.74, 6) is -1.61. The van der Waals surface area contributed by atoms with E-state index >= 15 is 0 Å². The first-order valence-electron chi connectivity index (χ1n) is 15.4. The second kappa shape index (κ2) is 10.9. The quantitative estimate of drug-likeness (QED) is 0.507. The second-order valence-corrected chi connectivity index (χ2v) is 14.5. The Balaban J connectivity index is 1.48. The lowest BCUT2D eigenvalue weighted by Crippen LogP contribution is -2.59. The smallest absolute Gasteiger partial charge is 0.247 e. The molecule has 1 aromatic carbocycles. The maximum Gasteiger partial charge on any atom is 0.247 e. The van der Waals surface area contributed by atoms with Crippen LogP contribution in [0.5, 0.6) is 0 Å². The van der Waals surface area contributed by atoms with Crippen molar-refractivity contribution in [3.63, 3.8) is 0 Å². The number of aliphatic hydroxyl groups excluding tert-OH is 1. The zero-order chi connectivity index (χ0) is 28.9. The Hall–Kier alpha value is -2.58. The van der Waals surface area contributed by atoms with Crippen molar-refractivity contribution in [2.45, 2.75) is 86.9 Å². The van der Waals surface area contributed by atoms with E-state index in [1.807, 2.05) is 48.2 Å². The van der Waals surface area contributed by atoms with Crippen molar-refractivity contribution < 1.29 is 19.5 Å². The number of likely N-dealkylation sites (tertiary alicyclic amines) is 1. The van der Waals surface area contributed by atoms with Gasteiger partial charge in [0.15, 0.2) is 0 Å². The van der Waals surface area contributed by atoms with Crippen LogP contribution in [0.2, 0.25) is 0 Å². The Morgan fingerprint density at radius 2 is 1.66 bits per heavy atom. The number of para-hydroxylation sites is 1. The fourth-order valence-electron chi connectivity index (χ4n) is 8.21. The number of anilines is 1. The topological polar surface area (TPSA) is 81.2 Å². The lowest BCUT2D eigenvalue weighted by atomic mass is 9.74. The van der Waals surface area contributed by atoms with Gasteiger partial charge in [0.05, 0.1) is 29.2 Å². The Morgan fingerprint density at radius 1 is 0.951 bits per heavy atom. The van der Waals surface area contributed by atoms with Crippen molar-refractivity contribution in [1.82, 2.24) is 9.80 Å². The molecule has 0 aromatic heterocycles. The van der Waals surface area contributed by atoms with Gasteiger partial charge in [0.1, 0.15) is 6.04 Å². The van der Waals surface area contributed by atoms with Crippen LogP contribution in [0.3, 0.4) is 0 Å². The number of thioether (sulfide) groups is 1. The van der Waals surface area contributed by atoms with Gasteiger partial charge in [0, 0.05) is 29.6 Å². The van der Waals surface area contributed by atoms with E-state index in [1.54, 1.807) is 21.6 Å². The van der Waals surface area contributed by atoms with Gasteiger partial charge < -0.3 is 19.8 Å². The molecule has 0 bridgehead atoms. The number of nitrogens with zero attached hydrogens (tertiary/aromatic N) is 3. The number of benzene rings is 1. The van der Waals surface area contributed by atoms with Crippen LogP contribution in [0.1, 0.15) is 59.3 Å². The molecule has 5 aliphatic rings. The van der Waals surface area contributed by atoms with Gasteiger partial charge >= 0.3 is 0 Å². The lowest BCUT2D eigenvalue weighted by Gasteiger charge is -2.43. The summed E-state index contributed by atoms with van der Waals surface area (Å²) in [4.78, 5) is 49.7. The summed E-state index contributed by atoms with van der Waals surface area (Å²) >= 11 is 1.62. The molecule has 1 aromatic rings. The summed E-state index contributed by atoms with van der Waals surface area (Å²) in [6.45, 7) is 6.90. The molecule has 41 heavy (non-hydrogen) atoms. The Kier molecular flexibility index (Phi) is 7.60. The third-order valence-corrected chi connectivity index (χ3v) is 12.3. The van der Waals surface area contributed by atoms with E-state index in [9.17, 15) is 19.5 Å². The van der Waals surface area contributed by atoms with Gasteiger partial charge in [-0.3, -0.25) is 14.4 Å². The van der Waals surface area contributed by atoms with Gasteiger partial charge in [-0.05, 0) is 37.8 Å². The minimum atomic E-state index is -0.891. The van der Waals surface area contributed by atoms with E-state index in [0.29, 0.717) is 13.1 Å². The van der Waals surface area contributed by atoms with Crippen LogP contribution in [0.15, 0.2) is 54.6 Å². The van der Waals surface area contributed by atoms with Gasteiger partial charge in [-0.25, -0.2) is 0 Å². The van der Waals surface area contributed by atoms with Gasteiger partial charge in [0.25, 0.3) is 0 Å². The Bertz CT molecular complexity index is 1250. The molecule has 220 valence electrons. The summed E-state index contributed by atoms with van der Waals surface area (Å²) in [5.41, 5.74) is 0.806. The number of amides is 3. The van der Waals surface area contributed by atoms with E-state index in [-0.39, 0.29) is 36.3 Å². The summed E-state index contributed by atoms with van der Waals surface area (Å²) < 4.78 is -1.54. The number of fused-ring (bicyclic) bond motifs is 2. The number of hydrogen-bond donors (Lipinski definition) is 1. The molecule has 3 fully saturated rings. The van der Waals surface area contributed by atoms with Gasteiger partial charge in [0.2, 0.25) is 17.7 Å². The van der Waals surface area contributed by atoms with Gasteiger partial charge in [-0.15, -0.1) is 11.8 Å². The molecule has 4 heterocycles. The summed E-state index contributed by atoms with van der Waals surface area (Å²) in [6.07, 6.45) is 14.5. The zero-order valence-electron chi connectivity index (χ0n) is 24.4. The Morgan fingerprint density at radius 3 is 2.34 bits per heavy atom. The first-order valence-corrected chi connectivity index (χ1v) is 16.2. The molecule has 8 heteroatoms. The predicted molar refractivity (Wildman–Crippen MR) is 162 cm³/mol. The highest BCUT2D eigenvalue weighted by Crippen LogP contribution is 2.66. The van der Waals surface area contributed by atoms with Gasteiger partial charge in [-0.1, -0.05) is 82.0 Å². The Labute approximate surface area is 248 Å². The molecule has 3 amide bonds. The highest BCUT2D eigenvalue weighted by Gasteiger charge is 2.74. The average molecular weight is 578 g/mol. The van der Waals surface area contributed by atoms with E-state index < -0.39 is 33.4 Å². The van der Waals surface area contributed by atoms with E-state index in [4.69, 9.17) is 0 Å². The fraction of sp³-hybridized carbons (Fsp3) is 0.606. The van der Waals surface area contributed by atoms with Crippen LogP contribution in [0.4, 0.5) is 5.69 Å². The fourth-order valence-corrected chi connectivity index (χ4v) is 10.4. The maximum atomic E-state index is 14.8. The third-order valence-electron chi connectivity index (χ3n) is 10.5. The van der Waals surface area contributed by atoms with Crippen LogP contribution < -0.4 is 4.90 Å². The highest BCUT2D eigenvalue weighted by atomic mass is 32.2. The van der Waals surface area contributed by atoms with Crippen molar-refractivity contribution in [1.29, 1.82) is 0 Å². The number of rotatable bonds is 6. The van der Waals surface area contributed by atoms with Gasteiger partial charge in [-0.2, -0.15) is 0 Å². The molecule has 0 radical (unpaired) electrons. The average Bonchev–Trinajstić information content (AvgIpc) is 3.25. The molecule has 7 nitrogen and oxygen atoms in total. The molecule has 1 N–H and O–H groups in total. The van der Waals surface area contributed by atoms with E-state index in [0.717, 1.165) is 37.8 Å². The monoisotopic (exact) mass is 577 g/mol. The molecule has 6 rings (SSSR count). The molecule has 1 unspecified atom stereocenters. The number of carbonyl (C=O) groups is 3. The van der Waals surface area contributed by atoms with Crippen LogP contribution in [-0.4, -0.2) is 79.9 Å². The standard InChI is InChI=1S/C33H43N3O4S/c1-4-22(2)25(21-37)36-28-31(40)35(24-15-9-6-10-16-24)20-12-18-33(28)27(30(36)39)26-29(38)34(23-13-7-5-8-14-23)19-11-17-32(26,3)41-33/h5,7-8,11-14,17-18,22,24-28,37H,4,6,9-10,15-16,19-21H2,1-3H3/t22-,25-,26-,27-,28?,32+,33-/m0/s1. The lowest BCUT2D eigenvalue weighted by molar-refractivity contribution is -0.148. The van der Waals surface area contributed by atoms with Crippen molar-refractivity contribution >= 4 is 35.2 Å². The molecular weight excluding hydrogens is 534 g/mol. The predicted octanol–water partition coefficient (Wildman–Crippen LogP) is 4.42. The number of carbonyl (C=O) groups excluding carboxylic acids is 3. The molecule has 1 saturated carbocycles. The van der Waals surface area contributed by atoms with Crippen LogP contribution in [-0.2, 0) is 14.4 Å². The maximum absolute atomic E-state index is 14.8. The van der Waals surface area contributed by atoms with Crippen molar-refractivity contribution in [2.75, 3.05) is 24.6 Å². The largest absolute Gasteiger partial charge is 0.394 e. The van der Waals surface area contributed by atoms with Crippen molar-refractivity contribution in [3.05, 3.63) is 54.6 Å². The molecule has 4 aliphatic heterocycles. The van der Waals surface area contributed by atoms with E-state index in [2.05, 4.69) is 32.1 Å². The molecule has 7 atom stereocenters. The number of aliphatic hydroxyl groups is 1. The minimum absolute atomic E-state index is 0.00456. The van der Waals surface area contributed by atoms with E-state index in [1.165, 1.54) is 6.42 Å². The first-order chi connectivity index (χ1) is 19.8. The highest BCUT2D eigenvalue weighted by molar-refractivity contribution is 8.02. The SMILES string of the molecule is CC[C@H](C)[C@H](CO)N1C(=O)[C@@H]2[C@H]3C(=O)N(c4ccccc4)CC=C[C@@]3(C)S[C@@]23C=CCN(C2CCCCC2)C(=O)C13. The van der Waals surface area contributed by atoms with Crippen LogP contribution in [0, 0.1) is 17.8 Å². The molecular formula is C33H43N3O4S. The van der Waals surface area contributed by atoms with Crippen LogP contribution in [0.25, 0.3) is 0 Å². The molecule has 2 saturated heterocycles. The van der Waals surface area contributed by atoms with Crippen molar-refractivity contribution in [3.8, 4) is 0 Å². The van der Waals surface area contributed by atoms with Crippen LogP contribution >= 0.6 is 11.8 Å². The summed E-state index contributed by atoms with van der Waals surface area (Å²) in [5, 5.41) is 10.7. The van der Waals surface area contributed by atoms with Crippen molar-refractivity contribution in [2.24, 2.45) is 17.8 Å². The molecule has 1 spiro atoms. The third kappa shape index (κ3) is 4.39. The zero-order valence-corrected chi connectivity index (χ0v) is 25.3. The first kappa shape index (κ1) is 28.5. The normalized spacial score (nSPS) is 35.2. The second-order valence-electron chi connectivity index (χ2n) is 12.7.